The number of rotatable bonds is 4. The van der Waals surface area contributed by atoms with Gasteiger partial charge in [0.15, 0.2) is 0 Å². The molecule has 26 heavy (non-hydrogen) atoms. The average Bonchev–Trinajstić information content (AvgIpc) is 3.18. The van der Waals surface area contributed by atoms with Crippen molar-refractivity contribution < 1.29 is 14.4 Å². The lowest BCUT2D eigenvalue weighted by Gasteiger charge is -2.30. The van der Waals surface area contributed by atoms with Crippen molar-refractivity contribution in [3.63, 3.8) is 0 Å². The van der Waals surface area contributed by atoms with E-state index in [1.807, 2.05) is 36.4 Å². The number of hydrogen-bond acceptors (Lipinski definition) is 7. The van der Waals surface area contributed by atoms with Crippen molar-refractivity contribution in [3.8, 4) is 28.6 Å². The Labute approximate surface area is 151 Å². The molecule has 0 amide bonds. The minimum absolute atomic E-state index is 0.284. The van der Waals surface area contributed by atoms with E-state index in [2.05, 4.69) is 20.0 Å². The van der Waals surface area contributed by atoms with Crippen LogP contribution in [0.4, 0.5) is 5.82 Å². The highest BCUT2D eigenvalue weighted by Gasteiger charge is 2.19. The first-order chi connectivity index (χ1) is 12.7. The van der Waals surface area contributed by atoms with Crippen molar-refractivity contribution >= 4 is 5.82 Å². The fourth-order valence-corrected chi connectivity index (χ4v) is 3.06. The number of anilines is 1. The highest BCUT2D eigenvalue weighted by Crippen LogP contribution is 2.25. The second-order valence-corrected chi connectivity index (χ2v) is 6.30. The summed E-state index contributed by atoms with van der Waals surface area (Å²) < 4.78 is 10.5. The number of piperidine rings is 1. The Morgan fingerprint density at radius 1 is 1.15 bits per heavy atom. The van der Waals surface area contributed by atoms with Gasteiger partial charge in [0.2, 0.25) is 5.82 Å². The number of β-amino-alcohol motifs (C(OH)–C–C–N with tert-alkyl or cyclic N) is 1. The molecule has 1 aliphatic rings. The molecular formula is C19H20N4O3. The van der Waals surface area contributed by atoms with Crippen LogP contribution >= 0.6 is 0 Å². The van der Waals surface area contributed by atoms with E-state index in [0.29, 0.717) is 18.3 Å². The highest BCUT2D eigenvalue weighted by molar-refractivity contribution is 5.61. The lowest BCUT2D eigenvalue weighted by Crippen LogP contribution is -2.38. The predicted molar refractivity (Wildman–Crippen MR) is 97.0 cm³/mol. The van der Waals surface area contributed by atoms with Gasteiger partial charge < -0.3 is 19.3 Å². The van der Waals surface area contributed by atoms with Gasteiger partial charge in [-0.25, -0.2) is 4.98 Å². The average molecular weight is 352 g/mol. The van der Waals surface area contributed by atoms with Crippen LogP contribution < -0.4 is 9.64 Å². The van der Waals surface area contributed by atoms with Gasteiger partial charge in [-0.3, -0.25) is 0 Å². The van der Waals surface area contributed by atoms with Crippen LogP contribution in [-0.2, 0) is 0 Å². The van der Waals surface area contributed by atoms with Gasteiger partial charge in [0, 0.05) is 24.8 Å². The third-order valence-electron chi connectivity index (χ3n) is 4.49. The summed E-state index contributed by atoms with van der Waals surface area (Å²) >= 11 is 0. The van der Waals surface area contributed by atoms with Crippen LogP contribution in [0.25, 0.3) is 22.8 Å². The summed E-state index contributed by atoms with van der Waals surface area (Å²) in [6.45, 7) is 1.53. The van der Waals surface area contributed by atoms with Gasteiger partial charge in [0.25, 0.3) is 5.89 Å². The van der Waals surface area contributed by atoms with Crippen molar-refractivity contribution in [1.82, 2.24) is 15.1 Å². The summed E-state index contributed by atoms with van der Waals surface area (Å²) in [5.41, 5.74) is 1.62. The van der Waals surface area contributed by atoms with Gasteiger partial charge in [0.1, 0.15) is 11.6 Å². The van der Waals surface area contributed by atoms with Crippen molar-refractivity contribution in [2.24, 2.45) is 0 Å². The molecule has 7 nitrogen and oxygen atoms in total. The minimum atomic E-state index is -0.284. The van der Waals surface area contributed by atoms with Crippen LogP contribution in [0.3, 0.4) is 0 Å². The van der Waals surface area contributed by atoms with E-state index in [-0.39, 0.29) is 6.10 Å². The number of hydrogen-bond donors (Lipinski definition) is 1. The number of aliphatic hydroxyl groups is 1. The standard InChI is InChI=1S/C19H20N4O3/c1-25-16-7-4-13(5-8-16)18-21-19(26-22-18)14-6-9-17(20-11-14)23-10-2-3-15(24)12-23/h4-9,11,15,24H,2-3,10,12H2,1H3. The quantitative estimate of drug-likeness (QED) is 0.773. The normalized spacial score (nSPS) is 17.3. The number of aromatic nitrogens is 3. The zero-order valence-corrected chi connectivity index (χ0v) is 14.5. The van der Waals surface area contributed by atoms with Crippen LogP contribution in [-0.4, -0.2) is 46.5 Å². The SMILES string of the molecule is COc1ccc(-c2noc(-c3ccc(N4CCCC(O)C4)nc3)n2)cc1. The smallest absolute Gasteiger partial charge is 0.259 e. The summed E-state index contributed by atoms with van der Waals surface area (Å²) in [6, 6.07) is 11.3. The molecule has 0 radical (unpaired) electrons. The number of nitrogens with zero attached hydrogens (tertiary/aromatic N) is 4. The molecule has 0 aliphatic carbocycles. The first-order valence-corrected chi connectivity index (χ1v) is 8.60. The lowest BCUT2D eigenvalue weighted by molar-refractivity contribution is 0.154. The molecule has 0 bridgehead atoms. The van der Waals surface area contributed by atoms with Crippen LogP contribution in [0, 0.1) is 0 Å². The molecule has 0 saturated carbocycles. The number of aliphatic hydroxyl groups excluding tert-OH is 1. The highest BCUT2D eigenvalue weighted by atomic mass is 16.5. The molecule has 0 spiro atoms. The Balaban J connectivity index is 1.52. The van der Waals surface area contributed by atoms with Gasteiger partial charge in [0.05, 0.1) is 18.8 Å². The number of pyridine rings is 1. The monoisotopic (exact) mass is 352 g/mol. The Morgan fingerprint density at radius 3 is 2.65 bits per heavy atom. The maximum Gasteiger partial charge on any atom is 0.259 e. The second-order valence-electron chi connectivity index (χ2n) is 6.30. The molecule has 1 aromatic carbocycles. The van der Waals surface area contributed by atoms with Gasteiger partial charge in [-0.1, -0.05) is 5.16 Å². The van der Waals surface area contributed by atoms with E-state index in [4.69, 9.17) is 9.26 Å². The largest absolute Gasteiger partial charge is 0.497 e. The van der Waals surface area contributed by atoms with E-state index in [9.17, 15) is 5.11 Å². The zero-order valence-electron chi connectivity index (χ0n) is 14.5. The van der Waals surface area contributed by atoms with E-state index in [1.165, 1.54) is 0 Å². The van der Waals surface area contributed by atoms with Gasteiger partial charge in [-0.2, -0.15) is 4.98 Å². The first-order valence-electron chi connectivity index (χ1n) is 8.60. The van der Waals surface area contributed by atoms with Gasteiger partial charge >= 0.3 is 0 Å². The van der Waals surface area contributed by atoms with Crippen molar-refractivity contribution in [3.05, 3.63) is 42.6 Å². The summed E-state index contributed by atoms with van der Waals surface area (Å²) in [7, 11) is 1.63. The van der Waals surface area contributed by atoms with Crippen LogP contribution in [0.2, 0.25) is 0 Å². The lowest BCUT2D eigenvalue weighted by atomic mass is 10.1. The van der Waals surface area contributed by atoms with Crippen LogP contribution in [0.15, 0.2) is 47.1 Å². The molecule has 1 N–H and O–H groups in total. The first kappa shape index (κ1) is 16.5. The van der Waals surface area contributed by atoms with Crippen LogP contribution in [0.5, 0.6) is 5.75 Å². The Morgan fingerprint density at radius 2 is 1.96 bits per heavy atom. The maximum atomic E-state index is 9.81. The topological polar surface area (TPSA) is 84.5 Å². The molecule has 4 rings (SSSR count). The third-order valence-corrected chi connectivity index (χ3v) is 4.49. The second kappa shape index (κ2) is 7.13. The van der Waals surface area contributed by atoms with Gasteiger partial charge in [-0.05, 0) is 49.2 Å². The van der Waals surface area contributed by atoms with Crippen molar-refractivity contribution in [1.29, 1.82) is 0 Å². The van der Waals surface area contributed by atoms with E-state index in [0.717, 1.165) is 42.1 Å². The maximum absolute atomic E-state index is 9.81. The molecule has 1 saturated heterocycles. The summed E-state index contributed by atoms with van der Waals surface area (Å²) in [5, 5.41) is 13.8. The van der Waals surface area contributed by atoms with E-state index in [1.54, 1.807) is 13.3 Å². The molecular weight excluding hydrogens is 332 g/mol. The van der Waals surface area contributed by atoms with E-state index < -0.39 is 0 Å². The Kier molecular flexibility index (Phi) is 4.53. The van der Waals surface area contributed by atoms with Crippen LogP contribution in [0.1, 0.15) is 12.8 Å². The molecule has 134 valence electrons. The Bertz CT molecular complexity index is 861. The summed E-state index contributed by atoms with van der Waals surface area (Å²) in [4.78, 5) is 11.0. The zero-order chi connectivity index (χ0) is 17.9. The predicted octanol–water partition coefficient (Wildman–Crippen LogP) is 2.77. The van der Waals surface area contributed by atoms with E-state index >= 15 is 0 Å². The molecule has 1 aliphatic heterocycles. The summed E-state index contributed by atoms with van der Waals surface area (Å²) in [6.07, 6.45) is 3.26. The molecule has 3 aromatic rings. The molecule has 2 aromatic heterocycles. The van der Waals surface area contributed by atoms with Crippen molar-refractivity contribution in [2.45, 2.75) is 18.9 Å². The number of methoxy groups -OCH3 is 1. The van der Waals surface area contributed by atoms with Crippen molar-refractivity contribution in [2.75, 3.05) is 25.1 Å². The number of benzene rings is 1. The third kappa shape index (κ3) is 3.39. The van der Waals surface area contributed by atoms with Gasteiger partial charge in [-0.15, -0.1) is 0 Å². The fourth-order valence-electron chi connectivity index (χ4n) is 3.06. The number of ether oxygens (including phenoxy) is 1. The molecule has 1 fully saturated rings. The summed E-state index contributed by atoms with van der Waals surface area (Å²) in [5.74, 6) is 2.57. The minimum Gasteiger partial charge on any atom is -0.497 e. The molecule has 1 atom stereocenters. The molecule has 3 heterocycles. The molecule has 7 heteroatoms. The molecule has 1 unspecified atom stereocenters. The fraction of sp³-hybridized carbons (Fsp3) is 0.316. The Hall–Kier alpha value is -2.93.